The van der Waals surface area contributed by atoms with Gasteiger partial charge in [-0.1, -0.05) is 18.5 Å². The third-order valence-electron chi connectivity index (χ3n) is 2.21. The zero-order valence-corrected chi connectivity index (χ0v) is 10.5. The van der Waals surface area contributed by atoms with Crippen LogP contribution in [0.15, 0.2) is 12.3 Å². The molecule has 1 rings (SSSR count). The average molecular weight is 256 g/mol. The summed E-state index contributed by atoms with van der Waals surface area (Å²) >= 11 is 5.79. The van der Waals surface area contributed by atoms with E-state index in [4.69, 9.17) is 17.3 Å². The molecule has 2 N–H and O–H groups in total. The summed E-state index contributed by atoms with van der Waals surface area (Å²) in [6.45, 7) is 3.92. The second-order valence-electron chi connectivity index (χ2n) is 3.56. The molecule has 17 heavy (non-hydrogen) atoms. The number of aromatic nitrogens is 1. The van der Waals surface area contributed by atoms with Gasteiger partial charge >= 0.3 is 0 Å². The van der Waals surface area contributed by atoms with E-state index < -0.39 is 5.91 Å². The first-order valence-electron chi connectivity index (χ1n) is 5.20. The molecule has 1 aromatic rings. The van der Waals surface area contributed by atoms with Gasteiger partial charge < -0.3 is 5.73 Å². The first kappa shape index (κ1) is 13.4. The van der Waals surface area contributed by atoms with Gasteiger partial charge in [0, 0.05) is 19.7 Å². The lowest BCUT2D eigenvalue weighted by molar-refractivity contribution is -0.116. The molecule has 1 aromatic heterocycles. The molecule has 0 saturated heterocycles. The lowest BCUT2D eigenvalue weighted by atomic mass is 10.2. The number of carbonyl (C=O) groups excluding carboxylic acids is 2. The van der Waals surface area contributed by atoms with Crippen LogP contribution in [-0.4, -0.2) is 23.3 Å². The maximum atomic E-state index is 11.4. The number of primary amides is 1. The molecular weight excluding hydrogens is 242 g/mol. The number of hydrogen-bond acceptors (Lipinski definition) is 3. The molecule has 6 heteroatoms. The monoisotopic (exact) mass is 255 g/mol. The van der Waals surface area contributed by atoms with Crippen LogP contribution in [0.3, 0.4) is 0 Å². The fourth-order valence-electron chi connectivity index (χ4n) is 1.42. The highest BCUT2D eigenvalue weighted by Gasteiger charge is 2.15. The molecule has 0 atom stereocenters. The Hall–Kier alpha value is -1.62. The van der Waals surface area contributed by atoms with Crippen LogP contribution < -0.4 is 10.6 Å². The van der Waals surface area contributed by atoms with Gasteiger partial charge in [0.25, 0.3) is 0 Å². The fourth-order valence-corrected chi connectivity index (χ4v) is 1.62. The normalized spacial score (nSPS) is 10.1. The van der Waals surface area contributed by atoms with Crippen molar-refractivity contribution in [2.45, 2.75) is 20.3 Å². The Kier molecular flexibility index (Phi) is 4.45. The summed E-state index contributed by atoms with van der Waals surface area (Å²) in [5.74, 6) is -0.395. The Balaban J connectivity index is 3.16. The Morgan fingerprint density at radius 3 is 2.65 bits per heavy atom. The molecule has 0 radical (unpaired) electrons. The second-order valence-corrected chi connectivity index (χ2v) is 3.96. The second kappa shape index (κ2) is 5.63. The van der Waals surface area contributed by atoms with E-state index in [1.807, 2.05) is 6.92 Å². The summed E-state index contributed by atoms with van der Waals surface area (Å²) in [4.78, 5) is 28.1. The minimum atomic E-state index is -0.640. The van der Waals surface area contributed by atoms with Gasteiger partial charge in [-0.2, -0.15) is 0 Å². The van der Waals surface area contributed by atoms with Crippen molar-refractivity contribution < 1.29 is 9.59 Å². The highest BCUT2D eigenvalue weighted by molar-refractivity contribution is 6.33. The molecule has 0 fully saturated rings. The quantitative estimate of drug-likeness (QED) is 0.888. The van der Waals surface area contributed by atoms with Crippen LogP contribution in [0, 0.1) is 0 Å². The summed E-state index contributed by atoms with van der Waals surface area (Å²) in [6, 6.07) is 1.43. The molecule has 0 bridgehead atoms. The molecule has 0 spiro atoms. The van der Waals surface area contributed by atoms with E-state index in [0.717, 1.165) is 6.42 Å². The first-order chi connectivity index (χ1) is 7.97. The average Bonchev–Trinajstić information content (AvgIpc) is 2.26. The first-order valence-corrected chi connectivity index (χ1v) is 5.58. The molecule has 92 valence electrons. The Bertz CT molecular complexity index is 448. The van der Waals surface area contributed by atoms with E-state index in [-0.39, 0.29) is 16.5 Å². The zero-order chi connectivity index (χ0) is 13.0. The number of anilines is 1. The van der Waals surface area contributed by atoms with E-state index >= 15 is 0 Å². The highest BCUT2D eigenvalue weighted by Crippen LogP contribution is 2.20. The van der Waals surface area contributed by atoms with E-state index in [0.29, 0.717) is 12.4 Å². The van der Waals surface area contributed by atoms with Gasteiger partial charge in [-0.25, -0.2) is 4.98 Å². The number of nitrogens with two attached hydrogens (primary N) is 1. The number of hydrogen-bond donors (Lipinski definition) is 1. The Morgan fingerprint density at radius 2 is 2.18 bits per heavy atom. The Labute approximate surface area is 105 Å². The van der Waals surface area contributed by atoms with Crippen molar-refractivity contribution in [3.63, 3.8) is 0 Å². The largest absolute Gasteiger partial charge is 0.366 e. The highest BCUT2D eigenvalue weighted by atomic mass is 35.5. The van der Waals surface area contributed by atoms with Crippen molar-refractivity contribution >= 4 is 29.2 Å². The topological polar surface area (TPSA) is 76.3 Å². The summed E-state index contributed by atoms with van der Waals surface area (Å²) in [5, 5.41) is 0.182. The van der Waals surface area contributed by atoms with Crippen molar-refractivity contribution in [2.24, 2.45) is 5.73 Å². The third kappa shape index (κ3) is 3.17. The van der Waals surface area contributed by atoms with E-state index in [1.165, 1.54) is 24.1 Å². The molecule has 0 aromatic carbocycles. The summed E-state index contributed by atoms with van der Waals surface area (Å²) < 4.78 is 0. The molecule has 0 aliphatic rings. The number of rotatable bonds is 4. The van der Waals surface area contributed by atoms with Gasteiger partial charge in [-0.05, 0) is 12.5 Å². The van der Waals surface area contributed by atoms with Crippen molar-refractivity contribution in [3.05, 3.63) is 22.8 Å². The lowest BCUT2D eigenvalue weighted by Crippen LogP contribution is -2.30. The third-order valence-corrected chi connectivity index (χ3v) is 2.51. The van der Waals surface area contributed by atoms with Crippen molar-refractivity contribution in [1.82, 2.24) is 4.98 Å². The van der Waals surface area contributed by atoms with Gasteiger partial charge in [-0.3, -0.25) is 14.5 Å². The van der Waals surface area contributed by atoms with Crippen molar-refractivity contribution in [2.75, 3.05) is 11.4 Å². The SMILES string of the molecule is CCCN(C(C)=O)c1cc(C(N)=O)c(Cl)cn1. The van der Waals surface area contributed by atoms with Gasteiger partial charge in [0.15, 0.2) is 0 Å². The fraction of sp³-hybridized carbons (Fsp3) is 0.364. The van der Waals surface area contributed by atoms with E-state index in [2.05, 4.69) is 4.98 Å². The number of amides is 2. The molecule has 5 nitrogen and oxygen atoms in total. The molecule has 0 aliphatic carbocycles. The number of nitrogens with zero attached hydrogens (tertiary/aromatic N) is 2. The predicted molar refractivity (Wildman–Crippen MR) is 66.1 cm³/mol. The van der Waals surface area contributed by atoms with Crippen LogP contribution in [0.5, 0.6) is 0 Å². The van der Waals surface area contributed by atoms with Crippen LogP contribution in [0.1, 0.15) is 30.6 Å². The van der Waals surface area contributed by atoms with Crippen molar-refractivity contribution in [1.29, 1.82) is 0 Å². The number of pyridine rings is 1. The van der Waals surface area contributed by atoms with E-state index in [1.54, 1.807) is 0 Å². The molecular formula is C11H14ClN3O2. The molecule has 1 heterocycles. The summed E-state index contributed by atoms with van der Waals surface area (Å²) in [5.41, 5.74) is 5.34. The standard InChI is InChI=1S/C11H14ClN3O2/c1-3-4-15(7(2)16)10-5-8(11(13)17)9(12)6-14-10/h5-6H,3-4H2,1-2H3,(H2,13,17). The van der Waals surface area contributed by atoms with Gasteiger partial charge in [0.2, 0.25) is 11.8 Å². The van der Waals surface area contributed by atoms with Gasteiger partial charge in [-0.15, -0.1) is 0 Å². The van der Waals surface area contributed by atoms with Crippen LogP contribution in [0.25, 0.3) is 0 Å². The maximum absolute atomic E-state index is 11.4. The summed E-state index contributed by atoms with van der Waals surface area (Å²) in [7, 11) is 0. The summed E-state index contributed by atoms with van der Waals surface area (Å²) in [6.07, 6.45) is 2.11. The molecule has 0 saturated carbocycles. The number of carbonyl (C=O) groups is 2. The maximum Gasteiger partial charge on any atom is 0.250 e. The molecule has 0 unspecified atom stereocenters. The van der Waals surface area contributed by atoms with Crippen molar-refractivity contribution in [3.8, 4) is 0 Å². The van der Waals surface area contributed by atoms with Gasteiger partial charge in [0.1, 0.15) is 5.82 Å². The van der Waals surface area contributed by atoms with Gasteiger partial charge in [0.05, 0.1) is 10.6 Å². The minimum Gasteiger partial charge on any atom is -0.366 e. The Morgan fingerprint density at radius 1 is 1.53 bits per heavy atom. The van der Waals surface area contributed by atoms with Crippen LogP contribution in [0.2, 0.25) is 5.02 Å². The van der Waals surface area contributed by atoms with Crippen LogP contribution in [0.4, 0.5) is 5.82 Å². The lowest BCUT2D eigenvalue weighted by Gasteiger charge is -2.19. The smallest absolute Gasteiger partial charge is 0.250 e. The predicted octanol–water partition coefficient (Wildman–Crippen LogP) is 1.60. The molecule has 0 aliphatic heterocycles. The zero-order valence-electron chi connectivity index (χ0n) is 9.74. The van der Waals surface area contributed by atoms with Crippen LogP contribution >= 0.6 is 11.6 Å². The molecule has 2 amide bonds. The van der Waals surface area contributed by atoms with Crippen LogP contribution in [-0.2, 0) is 4.79 Å². The number of halogens is 1. The van der Waals surface area contributed by atoms with E-state index in [9.17, 15) is 9.59 Å². The minimum absolute atomic E-state index is 0.142.